The first kappa shape index (κ1) is 22.5. The first-order valence-corrected chi connectivity index (χ1v) is 8.88. The van der Waals surface area contributed by atoms with Gasteiger partial charge in [-0.15, -0.1) is 0 Å². The van der Waals surface area contributed by atoms with E-state index in [0.29, 0.717) is 11.3 Å². The van der Waals surface area contributed by atoms with Gasteiger partial charge in [0.25, 0.3) is 5.91 Å². The molecule has 1 aromatic rings. The van der Waals surface area contributed by atoms with Crippen LogP contribution in [-0.2, 0) is 19.1 Å². The van der Waals surface area contributed by atoms with Gasteiger partial charge in [-0.3, -0.25) is 9.59 Å². The van der Waals surface area contributed by atoms with Crippen LogP contribution in [0.2, 0.25) is 0 Å². The van der Waals surface area contributed by atoms with E-state index in [2.05, 4.69) is 5.32 Å². The summed E-state index contributed by atoms with van der Waals surface area (Å²) < 4.78 is 10.6. The van der Waals surface area contributed by atoms with Crippen molar-refractivity contribution in [1.29, 1.82) is 0 Å². The molecule has 7 nitrogen and oxygen atoms in total. The molecular formula is C20H30N2O5. The van der Waals surface area contributed by atoms with Crippen LogP contribution in [0.5, 0.6) is 0 Å². The second kappa shape index (κ2) is 8.88. The molecule has 0 bridgehead atoms. The van der Waals surface area contributed by atoms with Crippen molar-refractivity contribution in [2.45, 2.75) is 71.6 Å². The number of benzene rings is 1. The molecule has 0 radical (unpaired) electrons. The Balaban J connectivity index is 2.85. The molecule has 0 saturated carbocycles. The Hall–Kier alpha value is -2.57. The predicted octanol–water partition coefficient (Wildman–Crippen LogP) is 2.83. The summed E-state index contributed by atoms with van der Waals surface area (Å²) in [6.07, 6.45) is 0.0380. The van der Waals surface area contributed by atoms with E-state index in [0.717, 1.165) is 0 Å². The number of carbonyl (C=O) groups excluding carboxylic acids is 3. The third-order valence-corrected chi connectivity index (χ3v) is 3.20. The summed E-state index contributed by atoms with van der Waals surface area (Å²) in [4.78, 5) is 36.9. The number of esters is 2. The summed E-state index contributed by atoms with van der Waals surface area (Å²) in [7, 11) is 0. The molecule has 0 unspecified atom stereocenters. The van der Waals surface area contributed by atoms with Crippen molar-refractivity contribution in [3.8, 4) is 0 Å². The van der Waals surface area contributed by atoms with Crippen molar-refractivity contribution in [3.63, 3.8) is 0 Å². The lowest BCUT2D eigenvalue weighted by Crippen LogP contribution is -2.44. The van der Waals surface area contributed by atoms with E-state index in [4.69, 9.17) is 15.2 Å². The summed E-state index contributed by atoms with van der Waals surface area (Å²) in [6, 6.07) is 5.42. The molecule has 0 spiro atoms. The van der Waals surface area contributed by atoms with Crippen molar-refractivity contribution in [3.05, 3.63) is 29.8 Å². The van der Waals surface area contributed by atoms with Crippen molar-refractivity contribution >= 4 is 23.5 Å². The lowest BCUT2D eigenvalue weighted by molar-refractivity contribution is -0.158. The molecule has 0 aromatic heterocycles. The van der Waals surface area contributed by atoms with Crippen LogP contribution in [0.15, 0.2) is 24.3 Å². The first-order chi connectivity index (χ1) is 12.3. The maximum atomic E-state index is 12.5. The topological polar surface area (TPSA) is 108 Å². The van der Waals surface area contributed by atoms with Crippen molar-refractivity contribution in [1.82, 2.24) is 5.32 Å². The number of nitrogens with two attached hydrogens (primary N) is 1. The second-order valence-corrected chi connectivity index (χ2v) is 8.31. The average Bonchev–Trinajstić information content (AvgIpc) is 2.47. The van der Waals surface area contributed by atoms with Crippen LogP contribution in [0.4, 0.5) is 5.69 Å². The van der Waals surface area contributed by atoms with Crippen LogP contribution in [-0.4, -0.2) is 35.1 Å². The van der Waals surface area contributed by atoms with Crippen LogP contribution < -0.4 is 11.1 Å². The van der Waals surface area contributed by atoms with Gasteiger partial charge >= 0.3 is 11.9 Å². The van der Waals surface area contributed by atoms with Crippen LogP contribution in [0, 0.1) is 0 Å². The summed E-state index contributed by atoms with van der Waals surface area (Å²) >= 11 is 0. The third kappa shape index (κ3) is 9.08. The Morgan fingerprint density at radius 2 is 1.63 bits per heavy atom. The predicted molar refractivity (Wildman–Crippen MR) is 103 cm³/mol. The van der Waals surface area contributed by atoms with E-state index >= 15 is 0 Å². The monoisotopic (exact) mass is 378 g/mol. The molecule has 150 valence electrons. The smallest absolute Gasteiger partial charge is 0.329 e. The van der Waals surface area contributed by atoms with Crippen molar-refractivity contribution in [2.75, 3.05) is 5.73 Å². The minimum atomic E-state index is -0.981. The zero-order valence-corrected chi connectivity index (χ0v) is 16.9. The van der Waals surface area contributed by atoms with Crippen LogP contribution >= 0.6 is 0 Å². The molecule has 1 aromatic carbocycles. The molecule has 0 fully saturated rings. The first-order valence-electron chi connectivity index (χ1n) is 8.88. The number of nitrogens with one attached hydrogen (secondary N) is 1. The maximum Gasteiger partial charge on any atom is 0.329 e. The van der Waals surface area contributed by atoms with Crippen LogP contribution in [0.3, 0.4) is 0 Å². The molecule has 0 aliphatic heterocycles. The normalized spacial score (nSPS) is 12.8. The Labute approximate surface area is 160 Å². The molecule has 0 heterocycles. The fourth-order valence-corrected chi connectivity index (χ4v) is 2.20. The average molecular weight is 378 g/mol. The quantitative estimate of drug-likeness (QED) is 0.582. The molecule has 1 atom stereocenters. The van der Waals surface area contributed by atoms with Gasteiger partial charge in [-0.05, 0) is 66.2 Å². The number of hydrogen-bond acceptors (Lipinski definition) is 6. The number of nitrogen functional groups attached to an aromatic ring is 1. The molecule has 0 aliphatic rings. The van der Waals surface area contributed by atoms with Crippen molar-refractivity contribution in [2.24, 2.45) is 0 Å². The van der Waals surface area contributed by atoms with E-state index in [9.17, 15) is 14.4 Å². The van der Waals surface area contributed by atoms with E-state index < -0.39 is 35.1 Å². The zero-order chi connectivity index (χ0) is 20.8. The van der Waals surface area contributed by atoms with Gasteiger partial charge in [-0.1, -0.05) is 6.07 Å². The number of ether oxygens (including phenoxy) is 2. The van der Waals surface area contributed by atoms with Gasteiger partial charge in [0.1, 0.15) is 17.2 Å². The van der Waals surface area contributed by atoms with Gasteiger partial charge in [0.15, 0.2) is 0 Å². The summed E-state index contributed by atoms with van der Waals surface area (Å²) in [5.74, 6) is -1.53. The highest BCUT2D eigenvalue weighted by Gasteiger charge is 2.28. The molecule has 0 saturated heterocycles. The van der Waals surface area contributed by atoms with Gasteiger partial charge in [0.05, 0.1) is 0 Å². The van der Waals surface area contributed by atoms with Gasteiger partial charge in [0.2, 0.25) is 0 Å². The molecular weight excluding hydrogens is 348 g/mol. The number of hydrogen-bond donors (Lipinski definition) is 2. The Bertz CT molecular complexity index is 686. The number of carbonyl (C=O) groups is 3. The molecule has 7 heteroatoms. The van der Waals surface area contributed by atoms with E-state index in [1.54, 1.807) is 59.7 Å². The second-order valence-electron chi connectivity index (χ2n) is 8.31. The van der Waals surface area contributed by atoms with E-state index in [1.165, 1.54) is 6.07 Å². The van der Waals surface area contributed by atoms with Gasteiger partial charge < -0.3 is 20.5 Å². The molecule has 1 amide bonds. The Morgan fingerprint density at radius 1 is 1.04 bits per heavy atom. The van der Waals surface area contributed by atoms with E-state index in [1.807, 2.05) is 0 Å². The Morgan fingerprint density at radius 3 is 2.15 bits per heavy atom. The fraction of sp³-hybridized carbons (Fsp3) is 0.550. The van der Waals surface area contributed by atoms with Gasteiger partial charge in [-0.25, -0.2) is 4.79 Å². The standard InChI is InChI=1S/C20H30N2O5/c1-19(2,3)26-16(23)11-10-15(18(25)27-20(4,5)6)22-17(24)13-8-7-9-14(21)12-13/h7-9,12,15H,10-11,21H2,1-6H3,(H,22,24)/t15-/m0/s1. The Kier molecular flexibility index (Phi) is 7.39. The SMILES string of the molecule is CC(C)(C)OC(=O)CC[C@H](NC(=O)c1cccc(N)c1)C(=O)OC(C)(C)C. The number of rotatable bonds is 6. The molecule has 1 rings (SSSR count). The lowest BCUT2D eigenvalue weighted by Gasteiger charge is -2.25. The fourth-order valence-electron chi connectivity index (χ4n) is 2.20. The lowest BCUT2D eigenvalue weighted by atomic mass is 10.1. The largest absolute Gasteiger partial charge is 0.460 e. The summed E-state index contributed by atoms with van der Waals surface area (Å²) in [5.41, 5.74) is 5.11. The number of anilines is 1. The molecule has 3 N–H and O–H groups in total. The summed E-state index contributed by atoms with van der Waals surface area (Å²) in [6.45, 7) is 10.5. The van der Waals surface area contributed by atoms with Crippen molar-refractivity contribution < 1.29 is 23.9 Å². The number of amides is 1. The molecule has 0 aliphatic carbocycles. The van der Waals surface area contributed by atoms with Crippen LogP contribution in [0.25, 0.3) is 0 Å². The third-order valence-electron chi connectivity index (χ3n) is 3.20. The zero-order valence-electron chi connectivity index (χ0n) is 16.9. The highest BCUT2D eigenvalue weighted by molar-refractivity contribution is 5.97. The minimum absolute atomic E-state index is 0.0294. The highest BCUT2D eigenvalue weighted by Crippen LogP contribution is 2.14. The summed E-state index contributed by atoms with van der Waals surface area (Å²) in [5, 5.41) is 2.62. The molecule has 27 heavy (non-hydrogen) atoms. The highest BCUT2D eigenvalue weighted by atomic mass is 16.6. The van der Waals surface area contributed by atoms with Gasteiger partial charge in [0, 0.05) is 17.7 Å². The van der Waals surface area contributed by atoms with E-state index in [-0.39, 0.29) is 12.8 Å². The van der Waals surface area contributed by atoms with Gasteiger partial charge in [-0.2, -0.15) is 0 Å². The minimum Gasteiger partial charge on any atom is -0.460 e. The van der Waals surface area contributed by atoms with Crippen LogP contribution in [0.1, 0.15) is 64.7 Å². The maximum absolute atomic E-state index is 12.5.